The molecule has 0 N–H and O–H groups in total. The molecule has 1 aromatic carbocycles. The Hall–Kier alpha value is -2.66. The number of hydrogen-bond acceptors (Lipinski definition) is 9. The normalized spacial score (nSPS) is 17.9. The fourth-order valence-electron chi connectivity index (χ4n) is 3.78. The lowest BCUT2D eigenvalue weighted by atomic mass is 10.2. The summed E-state index contributed by atoms with van der Waals surface area (Å²) in [7, 11) is -0.0107. The second-order valence-corrected chi connectivity index (χ2v) is 10.8. The highest BCUT2D eigenvalue weighted by Gasteiger charge is 2.36. The first-order valence-corrected chi connectivity index (χ1v) is 13.2. The van der Waals surface area contributed by atoms with Gasteiger partial charge in [-0.3, -0.25) is 9.59 Å². The quantitative estimate of drug-likeness (QED) is 0.486. The van der Waals surface area contributed by atoms with Crippen molar-refractivity contribution in [2.45, 2.75) is 38.8 Å². The van der Waals surface area contributed by atoms with Crippen molar-refractivity contribution in [3.8, 4) is 22.1 Å². The van der Waals surface area contributed by atoms with Gasteiger partial charge in [0.2, 0.25) is 0 Å². The zero-order valence-electron chi connectivity index (χ0n) is 19.1. The zero-order valence-corrected chi connectivity index (χ0v) is 20.7. The van der Waals surface area contributed by atoms with E-state index >= 15 is 0 Å². The number of sulfone groups is 1. The maximum absolute atomic E-state index is 12.8. The zero-order chi connectivity index (χ0) is 24.2. The molecule has 33 heavy (non-hydrogen) atoms. The second kappa shape index (κ2) is 10.5. The molecular formula is C22H28N2O7S2. The summed E-state index contributed by atoms with van der Waals surface area (Å²) in [5.74, 6) is 0.241. The standard InChI is InChI=1S/C22H28N2O7S2/c1-5-24(17-8-9-33(27,28)13-17)22(26)14(2)31-20(25)11-16-12-32-21(23-16)15-6-7-18(29-3)19(10-15)30-4/h6-7,10,12,14,17H,5,8-9,11,13H2,1-4H3. The van der Waals surface area contributed by atoms with Gasteiger partial charge in [-0.05, 0) is 38.5 Å². The molecule has 1 amide bonds. The Kier molecular flexibility index (Phi) is 7.96. The Bertz CT molecular complexity index is 1110. The minimum Gasteiger partial charge on any atom is -0.493 e. The highest BCUT2D eigenvalue weighted by atomic mass is 32.2. The average molecular weight is 497 g/mol. The molecule has 2 atom stereocenters. The number of benzene rings is 1. The minimum absolute atomic E-state index is 0.0506. The molecule has 2 aromatic rings. The molecule has 9 nitrogen and oxygen atoms in total. The first kappa shape index (κ1) is 25.0. The van der Waals surface area contributed by atoms with Crippen LogP contribution in [-0.4, -0.2) is 74.6 Å². The molecule has 2 heterocycles. The van der Waals surface area contributed by atoms with E-state index in [1.54, 1.807) is 32.6 Å². The van der Waals surface area contributed by atoms with Crippen LogP contribution in [0.25, 0.3) is 10.6 Å². The first-order chi connectivity index (χ1) is 15.7. The third-order valence-electron chi connectivity index (χ3n) is 5.44. The van der Waals surface area contributed by atoms with E-state index < -0.39 is 27.8 Å². The molecule has 0 bridgehead atoms. The number of esters is 1. The number of methoxy groups -OCH3 is 2. The molecule has 1 aliphatic rings. The second-order valence-electron chi connectivity index (χ2n) is 7.70. The van der Waals surface area contributed by atoms with Gasteiger partial charge in [-0.15, -0.1) is 11.3 Å². The van der Waals surface area contributed by atoms with Crippen LogP contribution in [0.4, 0.5) is 0 Å². The number of aromatic nitrogens is 1. The molecule has 1 aromatic heterocycles. The highest BCUT2D eigenvalue weighted by Crippen LogP contribution is 2.33. The first-order valence-electron chi connectivity index (χ1n) is 10.5. The van der Waals surface area contributed by atoms with Gasteiger partial charge < -0.3 is 19.1 Å². The van der Waals surface area contributed by atoms with Gasteiger partial charge in [0.15, 0.2) is 27.4 Å². The van der Waals surface area contributed by atoms with Crippen LogP contribution in [0, 0.1) is 0 Å². The van der Waals surface area contributed by atoms with E-state index in [2.05, 4.69) is 4.98 Å². The Labute approximate surface area is 197 Å². The number of thiazole rings is 1. The number of carbonyl (C=O) groups is 2. The van der Waals surface area contributed by atoms with E-state index in [0.29, 0.717) is 35.2 Å². The minimum atomic E-state index is -3.13. The van der Waals surface area contributed by atoms with Crippen molar-refractivity contribution in [1.82, 2.24) is 9.88 Å². The van der Waals surface area contributed by atoms with Crippen molar-refractivity contribution in [1.29, 1.82) is 0 Å². The Morgan fingerprint density at radius 3 is 2.58 bits per heavy atom. The van der Waals surface area contributed by atoms with Crippen molar-refractivity contribution in [2.75, 3.05) is 32.3 Å². The number of ether oxygens (including phenoxy) is 3. The molecule has 180 valence electrons. The number of likely N-dealkylation sites (N-methyl/N-ethyl adjacent to an activating group) is 1. The molecule has 0 radical (unpaired) electrons. The monoisotopic (exact) mass is 496 g/mol. The van der Waals surface area contributed by atoms with Gasteiger partial charge in [0.25, 0.3) is 5.91 Å². The van der Waals surface area contributed by atoms with Gasteiger partial charge in [0.05, 0.1) is 37.8 Å². The summed E-state index contributed by atoms with van der Waals surface area (Å²) < 4.78 is 39.4. The lowest BCUT2D eigenvalue weighted by Gasteiger charge is -2.29. The fourth-order valence-corrected chi connectivity index (χ4v) is 6.32. The van der Waals surface area contributed by atoms with Crippen molar-refractivity contribution in [3.05, 3.63) is 29.3 Å². The van der Waals surface area contributed by atoms with Crippen molar-refractivity contribution in [2.24, 2.45) is 0 Å². The average Bonchev–Trinajstić information content (AvgIpc) is 3.39. The molecule has 1 fully saturated rings. The van der Waals surface area contributed by atoms with E-state index in [4.69, 9.17) is 14.2 Å². The lowest BCUT2D eigenvalue weighted by molar-refractivity contribution is -0.159. The van der Waals surface area contributed by atoms with Crippen LogP contribution in [-0.2, 0) is 30.6 Å². The maximum Gasteiger partial charge on any atom is 0.312 e. The van der Waals surface area contributed by atoms with Gasteiger partial charge >= 0.3 is 5.97 Å². The smallest absolute Gasteiger partial charge is 0.312 e. The molecule has 0 aliphatic carbocycles. The van der Waals surface area contributed by atoms with Gasteiger partial charge in [0.1, 0.15) is 5.01 Å². The summed E-state index contributed by atoms with van der Waals surface area (Å²) in [5.41, 5.74) is 1.36. The van der Waals surface area contributed by atoms with E-state index in [1.165, 1.54) is 23.2 Å². The van der Waals surface area contributed by atoms with Crippen LogP contribution in [0.2, 0.25) is 0 Å². The Morgan fingerprint density at radius 2 is 1.97 bits per heavy atom. The van der Waals surface area contributed by atoms with Gasteiger partial charge in [-0.1, -0.05) is 0 Å². The van der Waals surface area contributed by atoms with Crippen LogP contribution in [0.5, 0.6) is 11.5 Å². The largest absolute Gasteiger partial charge is 0.493 e. The SMILES string of the molecule is CCN(C(=O)C(C)OC(=O)Cc1csc(-c2ccc(OC)c(OC)c2)n1)C1CCS(=O)(=O)C1. The van der Waals surface area contributed by atoms with Gasteiger partial charge in [0, 0.05) is 23.5 Å². The van der Waals surface area contributed by atoms with Crippen LogP contribution < -0.4 is 9.47 Å². The number of amides is 1. The van der Waals surface area contributed by atoms with E-state index in [1.807, 2.05) is 12.1 Å². The lowest BCUT2D eigenvalue weighted by Crippen LogP contribution is -2.46. The molecule has 11 heteroatoms. The van der Waals surface area contributed by atoms with Crippen molar-refractivity contribution >= 4 is 33.1 Å². The molecule has 2 unspecified atom stereocenters. The third kappa shape index (κ3) is 6.02. The fraction of sp³-hybridized carbons (Fsp3) is 0.500. The summed E-state index contributed by atoms with van der Waals surface area (Å²) in [5, 5.41) is 2.48. The predicted octanol–water partition coefficient (Wildman–Crippen LogP) is 2.34. The van der Waals surface area contributed by atoms with Gasteiger partial charge in [-0.25, -0.2) is 13.4 Å². The number of nitrogens with zero attached hydrogens (tertiary/aromatic N) is 2. The highest BCUT2D eigenvalue weighted by molar-refractivity contribution is 7.91. The van der Waals surface area contributed by atoms with Crippen LogP contribution in [0.1, 0.15) is 26.0 Å². The molecule has 1 saturated heterocycles. The maximum atomic E-state index is 12.8. The molecule has 1 aliphatic heterocycles. The van der Waals surface area contributed by atoms with Crippen molar-refractivity contribution < 1.29 is 32.2 Å². The number of rotatable bonds is 9. The predicted molar refractivity (Wildman–Crippen MR) is 124 cm³/mol. The van der Waals surface area contributed by atoms with Crippen molar-refractivity contribution in [3.63, 3.8) is 0 Å². The molecule has 0 spiro atoms. The third-order valence-corrected chi connectivity index (χ3v) is 8.13. The summed E-state index contributed by atoms with van der Waals surface area (Å²) in [6, 6.07) is 5.07. The number of carbonyl (C=O) groups excluding carboxylic acids is 2. The summed E-state index contributed by atoms with van der Waals surface area (Å²) >= 11 is 1.38. The summed E-state index contributed by atoms with van der Waals surface area (Å²) in [4.78, 5) is 31.2. The summed E-state index contributed by atoms with van der Waals surface area (Å²) in [6.07, 6.45) is -0.684. The van der Waals surface area contributed by atoms with E-state index in [-0.39, 0.29) is 24.0 Å². The van der Waals surface area contributed by atoms with E-state index in [9.17, 15) is 18.0 Å². The Balaban J connectivity index is 1.61. The molecular weight excluding hydrogens is 468 g/mol. The topological polar surface area (TPSA) is 112 Å². The van der Waals surface area contributed by atoms with Crippen LogP contribution >= 0.6 is 11.3 Å². The van der Waals surface area contributed by atoms with Crippen LogP contribution in [0.3, 0.4) is 0 Å². The molecule has 0 saturated carbocycles. The number of hydrogen-bond donors (Lipinski definition) is 0. The molecule has 3 rings (SSSR count). The Morgan fingerprint density at radius 1 is 1.24 bits per heavy atom. The summed E-state index contributed by atoms with van der Waals surface area (Å²) in [6.45, 7) is 3.63. The van der Waals surface area contributed by atoms with Gasteiger partial charge in [-0.2, -0.15) is 0 Å². The van der Waals surface area contributed by atoms with Crippen LogP contribution in [0.15, 0.2) is 23.6 Å². The van der Waals surface area contributed by atoms with E-state index in [0.717, 1.165) is 5.56 Å².